The van der Waals surface area contributed by atoms with Crippen molar-refractivity contribution < 1.29 is 23.9 Å². The number of imide groups is 1. The number of carbonyl (C=O) groups is 3. The van der Waals surface area contributed by atoms with E-state index in [0.717, 1.165) is 21.6 Å². The van der Waals surface area contributed by atoms with Crippen molar-refractivity contribution in [3.63, 3.8) is 0 Å². The van der Waals surface area contributed by atoms with Crippen molar-refractivity contribution in [1.29, 1.82) is 0 Å². The van der Waals surface area contributed by atoms with Gasteiger partial charge in [0.05, 0.1) is 18.4 Å². The van der Waals surface area contributed by atoms with Crippen molar-refractivity contribution in [3.05, 3.63) is 93.6 Å². The smallest absolute Gasteiger partial charge is 0.343 e. The van der Waals surface area contributed by atoms with E-state index in [1.54, 1.807) is 48.5 Å². The van der Waals surface area contributed by atoms with Crippen LogP contribution >= 0.6 is 11.6 Å². The summed E-state index contributed by atoms with van der Waals surface area (Å²) in [6, 6.07) is 16.8. The molecule has 0 fully saturated rings. The third kappa shape index (κ3) is 4.76. The number of halogens is 1. The number of amides is 2. The summed E-state index contributed by atoms with van der Waals surface area (Å²) in [6.45, 7) is 5.80. The van der Waals surface area contributed by atoms with Gasteiger partial charge in [0.25, 0.3) is 11.8 Å². The van der Waals surface area contributed by atoms with Crippen molar-refractivity contribution in [1.82, 2.24) is 0 Å². The van der Waals surface area contributed by atoms with E-state index in [0.29, 0.717) is 28.4 Å². The van der Waals surface area contributed by atoms with E-state index in [2.05, 4.69) is 5.32 Å². The van der Waals surface area contributed by atoms with Crippen LogP contribution in [0.1, 0.15) is 27.0 Å². The molecule has 0 aromatic heterocycles. The van der Waals surface area contributed by atoms with Crippen molar-refractivity contribution >= 4 is 40.8 Å². The Bertz CT molecular complexity index is 1380. The molecule has 1 heterocycles. The molecular formula is C27H23ClN2O5. The zero-order valence-corrected chi connectivity index (χ0v) is 20.4. The van der Waals surface area contributed by atoms with Crippen molar-refractivity contribution in [2.24, 2.45) is 0 Å². The fourth-order valence-electron chi connectivity index (χ4n) is 3.70. The van der Waals surface area contributed by atoms with Gasteiger partial charge in [0.1, 0.15) is 22.2 Å². The second-order valence-corrected chi connectivity index (χ2v) is 8.51. The van der Waals surface area contributed by atoms with Crippen LogP contribution in [0.2, 0.25) is 0 Å². The first-order valence-electron chi connectivity index (χ1n) is 10.8. The third-order valence-electron chi connectivity index (χ3n) is 5.70. The molecule has 0 saturated heterocycles. The molecule has 7 nitrogen and oxygen atoms in total. The number of ether oxygens (including phenoxy) is 2. The van der Waals surface area contributed by atoms with E-state index < -0.39 is 17.8 Å². The number of aryl methyl sites for hydroxylation is 2. The average molecular weight is 491 g/mol. The minimum absolute atomic E-state index is 0.0549. The number of esters is 1. The van der Waals surface area contributed by atoms with Gasteiger partial charge in [-0.25, -0.2) is 9.69 Å². The Morgan fingerprint density at radius 1 is 0.943 bits per heavy atom. The lowest BCUT2D eigenvalue weighted by Gasteiger charge is -2.16. The molecule has 2 amide bonds. The summed E-state index contributed by atoms with van der Waals surface area (Å²) < 4.78 is 10.8. The minimum Gasteiger partial charge on any atom is -0.497 e. The Labute approximate surface area is 207 Å². The number of rotatable bonds is 6. The van der Waals surface area contributed by atoms with Crippen LogP contribution < -0.4 is 19.7 Å². The fourth-order valence-corrected chi connectivity index (χ4v) is 3.91. The van der Waals surface area contributed by atoms with Gasteiger partial charge < -0.3 is 14.8 Å². The highest BCUT2D eigenvalue weighted by Crippen LogP contribution is 2.32. The number of nitrogens with zero attached hydrogens (tertiary/aromatic N) is 1. The van der Waals surface area contributed by atoms with Crippen LogP contribution in [-0.2, 0) is 9.59 Å². The molecule has 0 atom stereocenters. The van der Waals surface area contributed by atoms with Gasteiger partial charge in [-0.1, -0.05) is 23.7 Å². The molecule has 0 radical (unpaired) electrons. The predicted molar refractivity (Wildman–Crippen MR) is 134 cm³/mol. The van der Waals surface area contributed by atoms with E-state index in [4.69, 9.17) is 21.1 Å². The number of benzene rings is 3. The molecular weight excluding hydrogens is 468 g/mol. The number of anilines is 2. The third-order valence-corrected chi connectivity index (χ3v) is 6.05. The first kappa shape index (κ1) is 24.0. The Morgan fingerprint density at radius 3 is 2.34 bits per heavy atom. The molecule has 3 aromatic carbocycles. The highest BCUT2D eigenvalue weighted by molar-refractivity contribution is 6.53. The number of hydrogen-bond donors (Lipinski definition) is 1. The number of nitrogens with one attached hydrogen (secondary N) is 1. The molecule has 1 N–H and O–H groups in total. The molecule has 0 saturated carbocycles. The van der Waals surface area contributed by atoms with E-state index >= 15 is 0 Å². The van der Waals surface area contributed by atoms with Crippen LogP contribution in [0, 0.1) is 20.8 Å². The molecule has 178 valence electrons. The highest BCUT2D eigenvalue weighted by Gasteiger charge is 2.39. The summed E-state index contributed by atoms with van der Waals surface area (Å²) in [5.74, 6) is -0.727. The molecule has 1 aliphatic rings. The summed E-state index contributed by atoms with van der Waals surface area (Å²) in [6.07, 6.45) is 0. The predicted octanol–water partition coefficient (Wildman–Crippen LogP) is 5.28. The van der Waals surface area contributed by atoms with E-state index in [1.807, 2.05) is 32.9 Å². The monoisotopic (exact) mass is 490 g/mol. The molecule has 0 aliphatic carbocycles. The summed E-state index contributed by atoms with van der Waals surface area (Å²) in [5, 5.41) is 2.66. The lowest BCUT2D eigenvalue weighted by Crippen LogP contribution is -2.32. The number of hydrogen-bond acceptors (Lipinski definition) is 6. The van der Waals surface area contributed by atoms with Crippen LogP contribution in [0.25, 0.3) is 0 Å². The summed E-state index contributed by atoms with van der Waals surface area (Å²) in [7, 11) is 1.49. The highest BCUT2D eigenvalue weighted by atomic mass is 35.5. The van der Waals surface area contributed by atoms with Gasteiger partial charge in [-0.2, -0.15) is 0 Å². The summed E-state index contributed by atoms with van der Waals surface area (Å²) >= 11 is 6.20. The molecule has 4 rings (SSSR count). The van der Waals surface area contributed by atoms with Crippen LogP contribution in [0.4, 0.5) is 11.4 Å². The van der Waals surface area contributed by atoms with Crippen LogP contribution in [0.3, 0.4) is 0 Å². The van der Waals surface area contributed by atoms with E-state index in [-0.39, 0.29) is 10.7 Å². The van der Waals surface area contributed by atoms with Gasteiger partial charge in [0.2, 0.25) is 0 Å². The first-order chi connectivity index (χ1) is 16.7. The SMILES string of the molecule is COc1cccc(N2C(=O)C(Cl)=C(Nc3ccc(C(=O)Oc4cc(C)cc(C)c4C)cc3)C2=O)c1. The number of carbonyl (C=O) groups excluding carboxylic acids is 3. The van der Waals surface area contributed by atoms with Crippen LogP contribution in [-0.4, -0.2) is 24.9 Å². The molecule has 1 aliphatic heterocycles. The van der Waals surface area contributed by atoms with Gasteiger partial charge in [-0.15, -0.1) is 0 Å². The quantitative estimate of drug-likeness (QED) is 0.287. The van der Waals surface area contributed by atoms with Crippen molar-refractivity contribution in [3.8, 4) is 11.5 Å². The normalized spacial score (nSPS) is 13.3. The van der Waals surface area contributed by atoms with Crippen LogP contribution in [0.15, 0.2) is 71.4 Å². The molecule has 35 heavy (non-hydrogen) atoms. The Balaban J connectivity index is 1.50. The molecule has 0 unspecified atom stereocenters. The number of methoxy groups -OCH3 is 1. The lowest BCUT2D eigenvalue weighted by atomic mass is 10.1. The van der Waals surface area contributed by atoms with Crippen molar-refractivity contribution in [2.45, 2.75) is 20.8 Å². The summed E-state index contributed by atoms with van der Waals surface area (Å²) in [4.78, 5) is 39.3. The van der Waals surface area contributed by atoms with Gasteiger partial charge in [0, 0.05) is 11.8 Å². The van der Waals surface area contributed by atoms with E-state index in [9.17, 15) is 14.4 Å². The molecule has 8 heteroatoms. The Morgan fingerprint density at radius 2 is 1.66 bits per heavy atom. The van der Waals surface area contributed by atoms with Gasteiger partial charge in [-0.3, -0.25) is 9.59 Å². The summed E-state index contributed by atoms with van der Waals surface area (Å²) in [5.41, 5.74) is 4.03. The Hall–Kier alpha value is -4.10. The zero-order chi connectivity index (χ0) is 25.3. The molecule has 0 bridgehead atoms. The second kappa shape index (κ2) is 9.64. The maximum atomic E-state index is 13.0. The standard InChI is InChI=1S/C27H23ClN2O5/c1-15-12-16(2)17(3)22(13-15)35-27(33)18-8-10-19(11-9-18)29-24-23(28)25(31)30(26(24)32)20-6-5-7-21(14-20)34-4/h5-14,29H,1-4H3. The first-order valence-corrected chi connectivity index (χ1v) is 11.2. The molecule has 3 aromatic rings. The van der Waals surface area contributed by atoms with Gasteiger partial charge >= 0.3 is 5.97 Å². The molecule has 0 spiro atoms. The van der Waals surface area contributed by atoms with Gasteiger partial charge in [-0.05, 0) is 79.9 Å². The average Bonchev–Trinajstić information content (AvgIpc) is 3.05. The lowest BCUT2D eigenvalue weighted by molar-refractivity contribution is -0.120. The second-order valence-electron chi connectivity index (χ2n) is 8.13. The maximum absolute atomic E-state index is 13.0. The largest absolute Gasteiger partial charge is 0.497 e. The van der Waals surface area contributed by atoms with Gasteiger partial charge in [0.15, 0.2) is 0 Å². The minimum atomic E-state index is -0.642. The zero-order valence-electron chi connectivity index (χ0n) is 19.6. The Kier molecular flexibility index (Phi) is 6.62. The topological polar surface area (TPSA) is 84.9 Å². The van der Waals surface area contributed by atoms with E-state index in [1.165, 1.54) is 7.11 Å². The maximum Gasteiger partial charge on any atom is 0.343 e. The van der Waals surface area contributed by atoms with Crippen molar-refractivity contribution in [2.75, 3.05) is 17.3 Å². The fraction of sp³-hybridized carbons (Fsp3) is 0.148. The van der Waals surface area contributed by atoms with Crippen LogP contribution in [0.5, 0.6) is 11.5 Å².